The fraction of sp³-hybridized carbons (Fsp3) is 0.353. The van der Waals surface area contributed by atoms with E-state index in [1.54, 1.807) is 38.7 Å². The molecule has 0 spiro atoms. The highest BCUT2D eigenvalue weighted by atomic mass is 32.2. The van der Waals surface area contributed by atoms with Crippen molar-refractivity contribution in [3.63, 3.8) is 0 Å². The van der Waals surface area contributed by atoms with E-state index in [-0.39, 0.29) is 5.52 Å². The van der Waals surface area contributed by atoms with Gasteiger partial charge in [0.05, 0.1) is 38.6 Å². The van der Waals surface area contributed by atoms with E-state index in [0.717, 1.165) is 12.3 Å². The summed E-state index contributed by atoms with van der Waals surface area (Å²) in [5.74, 6) is 1.18. The van der Waals surface area contributed by atoms with Crippen molar-refractivity contribution in [2.24, 2.45) is 7.05 Å². The molecule has 0 saturated carbocycles. The number of hydrogen-bond donors (Lipinski definition) is 2. The Morgan fingerprint density at radius 3 is 2.46 bits per heavy atom. The molecule has 150 valence electrons. The largest absolute Gasteiger partial charge is 0.433 e. The van der Waals surface area contributed by atoms with Crippen LogP contribution in [0, 0.1) is 0 Å². The average molecular weight is 412 g/mol. The first-order chi connectivity index (χ1) is 13.2. The number of alkyl halides is 3. The zero-order chi connectivity index (χ0) is 20.6. The third-order valence-electron chi connectivity index (χ3n) is 4.27. The Hall–Kier alpha value is -2.69. The Balaban J connectivity index is 2.29. The first-order valence-corrected chi connectivity index (χ1v) is 9.72. The number of rotatable bonds is 5. The molecular weight excluding hydrogens is 393 g/mol. The van der Waals surface area contributed by atoms with Crippen LogP contribution < -0.4 is 10.6 Å². The average Bonchev–Trinajstić information content (AvgIpc) is 3.01. The van der Waals surface area contributed by atoms with Gasteiger partial charge in [0.1, 0.15) is 17.2 Å². The van der Waals surface area contributed by atoms with E-state index >= 15 is 0 Å². The highest BCUT2D eigenvalue weighted by Gasteiger charge is 2.33. The molecule has 11 heteroatoms. The predicted octanol–water partition coefficient (Wildman–Crippen LogP) is 3.26. The molecule has 0 bridgehead atoms. The molecule has 0 aliphatic heterocycles. The third kappa shape index (κ3) is 3.41. The second-order valence-corrected chi connectivity index (χ2v) is 7.62. The standard InChI is InChI=1S/C17H19F3N6OS/c1-5-28(27)12-6-10(21-2)15(22-3)25-14(12)16-24-9-7-13(17(18,19)20)23-8-11(9)26(16)4/h6-8,21H,5H2,1-4H3,(H,22,25). The number of imidazole rings is 1. The van der Waals surface area contributed by atoms with Crippen LogP contribution in [0.15, 0.2) is 23.2 Å². The van der Waals surface area contributed by atoms with Crippen LogP contribution in [0.4, 0.5) is 24.7 Å². The normalized spacial score (nSPS) is 13.0. The lowest BCUT2D eigenvalue weighted by molar-refractivity contribution is -0.141. The van der Waals surface area contributed by atoms with Gasteiger partial charge in [-0.15, -0.1) is 0 Å². The number of aryl methyl sites for hydroxylation is 1. The summed E-state index contributed by atoms with van der Waals surface area (Å²) in [7, 11) is 3.72. The number of fused-ring (bicyclic) bond motifs is 1. The molecule has 2 N–H and O–H groups in total. The van der Waals surface area contributed by atoms with Crippen LogP contribution in [-0.2, 0) is 24.0 Å². The van der Waals surface area contributed by atoms with Crippen LogP contribution in [0.3, 0.4) is 0 Å². The van der Waals surface area contributed by atoms with Crippen molar-refractivity contribution in [3.05, 3.63) is 24.0 Å². The molecule has 0 aliphatic carbocycles. The molecular formula is C17H19F3N6OS. The van der Waals surface area contributed by atoms with Gasteiger partial charge in [0.2, 0.25) is 0 Å². The van der Waals surface area contributed by atoms with Crippen molar-refractivity contribution in [1.82, 2.24) is 19.5 Å². The van der Waals surface area contributed by atoms with Crippen molar-refractivity contribution < 1.29 is 17.4 Å². The Bertz CT molecular complexity index is 1060. The minimum atomic E-state index is -4.56. The van der Waals surface area contributed by atoms with Crippen LogP contribution in [-0.4, -0.2) is 43.6 Å². The molecule has 28 heavy (non-hydrogen) atoms. The lowest BCUT2D eigenvalue weighted by Gasteiger charge is -2.14. The summed E-state index contributed by atoms with van der Waals surface area (Å²) in [5.41, 5.74) is 0.537. The van der Waals surface area contributed by atoms with Crippen LogP contribution in [0.2, 0.25) is 0 Å². The number of halogens is 3. The zero-order valence-corrected chi connectivity index (χ0v) is 16.5. The Morgan fingerprint density at radius 1 is 1.18 bits per heavy atom. The molecule has 0 fully saturated rings. The predicted molar refractivity (Wildman–Crippen MR) is 103 cm³/mol. The minimum Gasteiger partial charge on any atom is -0.385 e. The maximum absolute atomic E-state index is 13.0. The summed E-state index contributed by atoms with van der Waals surface area (Å²) in [5, 5.41) is 5.94. The van der Waals surface area contributed by atoms with Crippen molar-refractivity contribution in [3.8, 4) is 11.5 Å². The van der Waals surface area contributed by atoms with E-state index in [1.165, 1.54) is 0 Å². The van der Waals surface area contributed by atoms with E-state index in [0.29, 0.717) is 39.2 Å². The van der Waals surface area contributed by atoms with E-state index in [4.69, 9.17) is 0 Å². The van der Waals surface area contributed by atoms with Gasteiger partial charge >= 0.3 is 6.18 Å². The maximum atomic E-state index is 13.0. The fourth-order valence-corrected chi connectivity index (χ4v) is 3.73. The van der Waals surface area contributed by atoms with E-state index in [2.05, 4.69) is 25.6 Å². The first kappa shape index (κ1) is 20.1. The fourth-order valence-electron chi connectivity index (χ4n) is 2.82. The van der Waals surface area contributed by atoms with Gasteiger partial charge in [-0.05, 0) is 12.1 Å². The van der Waals surface area contributed by atoms with Gasteiger partial charge < -0.3 is 15.2 Å². The number of aromatic nitrogens is 4. The molecule has 3 rings (SSSR count). The minimum absolute atomic E-state index is 0.138. The van der Waals surface area contributed by atoms with Crippen molar-refractivity contribution in [2.45, 2.75) is 18.0 Å². The molecule has 0 saturated heterocycles. The Morgan fingerprint density at radius 2 is 1.89 bits per heavy atom. The van der Waals surface area contributed by atoms with Gasteiger partial charge in [-0.25, -0.2) is 15.0 Å². The highest BCUT2D eigenvalue weighted by Crippen LogP contribution is 2.34. The molecule has 3 heterocycles. The van der Waals surface area contributed by atoms with Gasteiger partial charge in [0.25, 0.3) is 0 Å². The Labute approximate surface area is 161 Å². The van der Waals surface area contributed by atoms with E-state index in [9.17, 15) is 17.4 Å². The van der Waals surface area contributed by atoms with E-state index in [1.807, 2.05) is 0 Å². The highest BCUT2D eigenvalue weighted by molar-refractivity contribution is 7.85. The molecule has 0 radical (unpaired) electrons. The summed E-state index contributed by atoms with van der Waals surface area (Å²) in [6.07, 6.45) is -3.43. The maximum Gasteiger partial charge on any atom is 0.433 e. The molecule has 7 nitrogen and oxygen atoms in total. The number of pyridine rings is 2. The van der Waals surface area contributed by atoms with Crippen molar-refractivity contribution in [2.75, 3.05) is 30.5 Å². The third-order valence-corrected chi connectivity index (χ3v) is 5.60. The molecule has 0 amide bonds. The van der Waals surface area contributed by atoms with Crippen molar-refractivity contribution >= 4 is 33.3 Å². The van der Waals surface area contributed by atoms with Crippen LogP contribution in [0.1, 0.15) is 12.6 Å². The molecule has 3 aromatic heterocycles. The summed E-state index contributed by atoms with van der Waals surface area (Å²) >= 11 is 0. The lowest BCUT2D eigenvalue weighted by Crippen LogP contribution is -2.08. The first-order valence-electron chi connectivity index (χ1n) is 8.40. The number of nitrogens with one attached hydrogen (secondary N) is 2. The SMILES string of the molecule is CCS(=O)c1cc(NC)c(NC)nc1-c1nc2cc(C(F)(F)F)ncc2n1C. The molecule has 0 aliphatic rings. The van der Waals surface area contributed by atoms with Gasteiger partial charge in [0, 0.05) is 26.9 Å². The quantitative estimate of drug-likeness (QED) is 0.669. The molecule has 1 atom stereocenters. The number of nitrogens with zero attached hydrogens (tertiary/aromatic N) is 4. The second kappa shape index (κ2) is 7.38. The second-order valence-electron chi connectivity index (χ2n) is 5.92. The summed E-state index contributed by atoms with van der Waals surface area (Å²) in [6, 6.07) is 2.61. The van der Waals surface area contributed by atoms with Gasteiger partial charge in [0.15, 0.2) is 5.82 Å². The monoisotopic (exact) mass is 412 g/mol. The molecule has 0 aromatic carbocycles. The van der Waals surface area contributed by atoms with Crippen LogP contribution >= 0.6 is 0 Å². The van der Waals surface area contributed by atoms with Crippen LogP contribution in [0.25, 0.3) is 22.6 Å². The molecule has 1 unspecified atom stereocenters. The Kier molecular flexibility index (Phi) is 5.28. The van der Waals surface area contributed by atoms with Gasteiger partial charge in [-0.1, -0.05) is 6.92 Å². The summed E-state index contributed by atoms with van der Waals surface area (Å²) < 4.78 is 53.1. The van der Waals surface area contributed by atoms with Gasteiger partial charge in [-0.2, -0.15) is 13.2 Å². The van der Waals surface area contributed by atoms with Gasteiger partial charge in [-0.3, -0.25) is 4.21 Å². The smallest absolute Gasteiger partial charge is 0.385 e. The summed E-state index contributed by atoms with van der Waals surface area (Å²) in [6.45, 7) is 1.78. The lowest BCUT2D eigenvalue weighted by atomic mass is 10.3. The summed E-state index contributed by atoms with van der Waals surface area (Å²) in [4.78, 5) is 12.8. The molecule has 3 aromatic rings. The number of hydrogen-bond acceptors (Lipinski definition) is 6. The van der Waals surface area contributed by atoms with Crippen molar-refractivity contribution in [1.29, 1.82) is 0 Å². The topological polar surface area (TPSA) is 84.7 Å². The number of anilines is 2. The van der Waals surface area contributed by atoms with E-state index < -0.39 is 22.7 Å². The van der Waals surface area contributed by atoms with Crippen LogP contribution in [0.5, 0.6) is 0 Å². The zero-order valence-electron chi connectivity index (χ0n) is 15.7.